The first-order chi connectivity index (χ1) is 9.18. The normalized spacial score (nSPS) is 11.9. The molecule has 19 heavy (non-hydrogen) atoms. The van der Waals surface area contributed by atoms with E-state index in [0.717, 1.165) is 16.8 Å². The lowest BCUT2D eigenvalue weighted by Gasteiger charge is -2.13. The van der Waals surface area contributed by atoms with Crippen molar-refractivity contribution in [3.05, 3.63) is 65.5 Å². The number of hydrogen-bond acceptors (Lipinski definition) is 3. The topological polar surface area (TPSA) is 68.0 Å². The van der Waals surface area contributed by atoms with Crippen molar-refractivity contribution in [3.8, 4) is 0 Å². The Morgan fingerprint density at radius 2 is 2.00 bits per heavy atom. The third-order valence-corrected chi connectivity index (χ3v) is 2.99. The molecule has 0 aliphatic rings. The molecule has 0 aliphatic carbocycles. The van der Waals surface area contributed by atoms with Crippen molar-refractivity contribution in [2.45, 2.75) is 19.5 Å². The zero-order valence-corrected chi connectivity index (χ0v) is 10.8. The van der Waals surface area contributed by atoms with Crippen LogP contribution in [0.3, 0.4) is 0 Å². The van der Waals surface area contributed by atoms with Crippen molar-refractivity contribution in [2.24, 2.45) is 5.73 Å². The van der Waals surface area contributed by atoms with Crippen LogP contribution in [0.5, 0.6) is 0 Å². The van der Waals surface area contributed by atoms with Crippen LogP contribution in [-0.2, 0) is 11.3 Å². The van der Waals surface area contributed by atoms with Gasteiger partial charge in [0.05, 0.1) is 12.2 Å². The van der Waals surface area contributed by atoms with Crippen LogP contribution in [0.1, 0.15) is 22.9 Å². The minimum atomic E-state index is -0.648. The number of pyridine rings is 1. The molecule has 0 bridgehead atoms. The van der Waals surface area contributed by atoms with Gasteiger partial charge < -0.3 is 11.1 Å². The van der Waals surface area contributed by atoms with Gasteiger partial charge in [0.25, 0.3) is 0 Å². The standard InChI is InChI=1S/C15H17N3O/c1-11-6-5-9-17-13(11)10-18-15(19)14(16)12-7-3-2-4-8-12/h2-9,14H,10,16H2,1H3,(H,18,19)/t14-/m1/s1. The number of nitrogens with one attached hydrogen (secondary N) is 1. The van der Waals surface area contributed by atoms with Crippen LogP contribution >= 0.6 is 0 Å². The first-order valence-corrected chi connectivity index (χ1v) is 6.17. The van der Waals surface area contributed by atoms with Crippen molar-refractivity contribution in [1.82, 2.24) is 10.3 Å². The predicted molar refractivity (Wildman–Crippen MR) is 74.2 cm³/mol. The summed E-state index contributed by atoms with van der Waals surface area (Å²) in [4.78, 5) is 16.2. The molecule has 1 aromatic heterocycles. The van der Waals surface area contributed by atoms with Crippen molar-refractivity contribution < 1.29 is 4.79 Å². The summed E-state index contributed by atoms with van der Waals surface area (Å²) in [6.45, 7) is 2.36. The van der Waals surface area contributed by atoms with Crippen LogP contribution in [0.25, 0.3) is 0 Å². The van der Waals surface area contributed by atoms with E-state index >= 15 is 0 Å². The van der Waals surface area contributed by atoms with Gasteiger partial charge in [0.15, 0.2) is 0 Å². The number of rotatable bonds is 4. The molecule has 1 amide bonds. The van der Waals surface area contributed by atoms with E-state index in [-0.39, 0.29) is 5.91 Å². The van der Waals surface area contributed by atoms with Crippen LogP contribution in [0.4, 0.5) is 0 Å². The lowest BCUT2D eigenvalue weighted by atomic mass is 10.1. The van der Waals surface area contributed by atoms with Crippen LogP contribution in [0.15, 0.2) is 48.7 Å². The number of carbonyl (C=O) groups excluding carboxylic acids is 1. The van der Waals surface area contributed by atoms with E-state index in [1.165, 1.54) is 0 Å². The summed E-state index contributed by atoms with van der Waals surface area (Å²) >= 11 is 0. The van der Waals surface area contributed by atoms with Gasteiger partial charge in [-0.15, -0.1) is 0 Å². The molecule has 0 radical (unpaired) electrons. The molecule has 4 nitrogen and oxygen atoms in total. The van der Waals surface area contributed by atoms with Crippen molar-refractivity contribution in [3.63, 3.8) is 0 Å². The number of amides is 1. The molecule has 0 spiro atoms. The van der Waals surface area contributed by atoms with Crippen LogP contribution in [0.2, 0.25) is 0 Å². The lowest BCUT2D eigenvalue weighted by Crippen LogP contribution is -2.34. The summed E-state index contributed by atoms with van der Waals surface area (Å²) < 4.78 is 0. The fraction of sp³-hybridized carbons (Fsp3) is 0.200. The fourth-order valence-electron chi connectivity index (χ4n) is 1.80. The predicted octanol–water partition coefficient (Wildman–Crippen LogP) is 1.71. The van der Waals surface area contributed by atoms with Gasteiger partial charge in [0, 0.05) is 6.20 Å². The lowest BCUT2D eigenvalue weighted by molar-refractivity contribution is -0.122. The van der Waals surface area contributed by atoms with Crippen molar-refractivity contribution in [1.29, 1.82) is 0 Å². The SMILES string of the molecule is Cc1cccnc1CNC(=O)[C@H](N)c1ccccc1. The van der Waals surface area contributed by atoms with E-state index in [1.54, 1.807) is 6.20 Å². The third-order valence-electron chi connectivity index (χ3n) is 2.99. The molecular formula is C15H17N3O. The highest BCUT2D eigenvalue weighted by Gasteiger charge is 2.15. The van der Waals surface area contributed by atoms with Gasteiger partial charge in [-0.2, -0.15) is 0 Å². The summed E-state index contributed by atoms with van der Waals surface area (Å²) in [6.07, 6.45) is 1.71. The molecule has 1 heterocycles. The highest BCUT2D eigenvalue weighted by molar-refractivity contribution is 5.82. The summed E-state index contributed by atoms with van der Waals surface area (Å²) in [5.41, 5.74) is 8.62. The second-order valence-electron chi connectivity index (χ2n) is 4.37. The zero-order chi connectivity index (χ0) is 13.7. The number of hydrogen-bond donors (Lipinski definition) is 2. The van der Waals surface area contributed by atoms with E-state index in [4.69, 9.17) is 5.73 Å². The third kappa shape index (κ3) is 3.39. The average Bonchev–Trinajstić information content (AvgIpc) is 2.46. The maximum absolute atomic E-state index is 12.0. The van der Waals surface area contributed by atoms with Gasteiger partial charge in [-0.3, -0.25) is 9.78 Å². The van der Waals surface area contributed by atoms with Gasteiger partial charge >= 0.3 is 0 Å². The van der Waals surface area contributed by atoms with Crippen LogP contribution in [0, 0.1) is 6.92 Å². The van der Waals surface area contributed by atoms with Gasteiger partial charge in [0.1, 0.15) is 6.04 Å². The Morgan fingerprint density at radius 3 is 2.68 bits per heavy atom. The molecule has 0 saturated carbocycles. The molecule has 98 valence electrons. The van der Waals surface area contributed by atoms with E-state index < -0.39 is 6.04 Å². The number of benzene rings is 1. The second kappa shape index (κ2) is 6.11. The van der Waals surface area contributed by atoms with Gasteiger partial charge in [-0.1, -0.05) is 36.4 Å². The molecule has 1 atom stereocenters. The summed E-state index contributed by atoms with van der Waals surface area (Å²) in [5, 5.41) is 2.81. The first-order valence-electron chi connectivity index (χ1n) is 6.17. The number of nitrogens with zero attached hydrogens (tertiary/aromatic N) is 1. The smallest absolute Gasteiger partial charge is 0.241 e. The molecule has 2 aromatic rings. The van der Waals surface area contributed by atoms with Crippen molar-refractivity contribution in [2.75, 3.05) is 0 Å². The van der Waals surface area contributed by atoms with E-state index in [0.29, 0.717) is 6.54 Å². The van der Waals surface area contributed by atoms with Crippen LogP contribution in [-0.4, -0.2) is 10.9 Å². The number of aryl methyl sites for hydroxylation is 1. The summed E-state index contributed by atoms with van der Waals surface area (Å²) in [6, 6.07) is 12.5. The Bertz CT molecular complexity index is 554. The molecule has 3 N–H and O–H groups in total. The van der Waals surface area contributed by atoms with Crippen molar-refractivity contribution >= 4 is 5.91 Å². The quantitative estimate of drug-likeness (QED) is 0.873. The largest absolute Gasteiger partial charge is 0.349 e. The molecule has 1 aromatic carbocycles. The monoisotopic (exact) mass is 255 g/mol. The fourth-order valence-corrected chi connectivity index (χ4v) is 1.80. The van der Waals surface area contributed by atoms with Gasteiger partial charge in [0.2, 0.25) is 5.91 Å². The van der Waals surface area contributed by atoms with E-state index in [1.807, 2.05) is 49.4 Å². The zero-order valence-electron chi connectivity index (χ0n) is 10.8. The van der Waals surface area contributed by atoms with E-state index in [2.05, 4.69) is 10.3 Å². The molecule has 0 aliphatic heterocycles. The number of aromatic nitrogens is 1. The molecule has 0 unspecified atom stereocenters. The van der Waals surface area contributed by atoms with Gasteiger partial charge in [-0.25, -0.2) is 0 Å². The Kier molecular flexibility index (Phi) is 4.26. The molecule has 0 fully saturated rings. The highest BCUT2D eigenvalue weighted by Crippen LogP contribution is 2.10. The van der Waals surface area contributed by atoms with Crippen LogP contribution < -0.4 is 11.1 Å². The number of carbonyl (C=O) groups is 1. The van der Waals surface area contributed by atoms with E-state index in [9.17, 15) is 4.79 Å². The Labute approximate surface area is 112 Å². The maximum atomic E-state index is 12.0. The minimum Gasteiger partial charge on any atom is -0.349 e. The minimum absolute atomic E-state index is 0.198. The summed E-state index contributed by atoms with van der Waals surface area (Å²) in [5.74, 6) is -0.198. The van der Waals surface area contributed by atoms with Gasteiger partial charge in [-0.05, 0) is 24.1 Å². The molecule has 4 heteroatoms. The Balaban J connectivity index is 1.97. The molecule has 2 rings (SSSR count). The Hall–Kier alpha value is -2.20. The summed E-state index contributed by atoms with van der Waals surface area (Å²) in [7, 11) is 0. The maximum Gasteiger partial charge on any atom is 0.241 e. The highest BCUT2D eigenvalue weighted by atomic mass is 16.2. The molecular weight excluding hydrogens is 238 g/mol. The molecule has 0 saturated heterocycles. The Morgan fingerprint density at radius 1 is 1.26 bits per heavy atom. The first kappa shape index (κ1) is 13.2. The average molecular weight is 255 g/mol. The second-order valence-corrected chi connectivity index (χ2v) is 4.37. The number of nitrogens with two attached hydrogens (primary N) is 1.